The van der Waals surface area contributed by atoms with Crippen LogP contribution in [0.15, 0.2) is 54.6 Å². The topological polar surface area (TPSA) is 47.4 Å². The first-order chi connectivity index (χ1) is 14.1. The SMILES string of the molecule is COC[C@H](c1ccc(Cl)cc1)N(C)C(=O)c1nn(-c2ccccc2)c2c1CCC2. The molecule has 2 aromatic carbocycles. The van der Waals surface area contributed by atoms with E-state index in [1.54, 1.807) is 12.0 Å². The summed E-state index contributed by atoms with van der Waals surface area (Å²) in [6, 6.07) is 17.3. The lowest BCUT2D eigenvalue weighted by Crippen LogP contribution is -2.34. The van der Waals surface area contributed by atoms with Gasteiger partial charge < -0.3 is 9.64 Å². The number of nitrogens with zero attached hydrogens (tertiary/aromatic N) is 3. The number of halogens is 1. The van der Waals surface area contributed by atoms with Crippen LogP contribution in [0.1, 0.15) is 39.8 Å². The molecule has 0 saturated heterocycles. The van der Waals surface area contributed by atoms with E-state index in [0.717, 1.165) is 41.8 Å². The number of methoxy groups -OCH3 is 1. The first kappa shape index (κ1) is 19.7. The number of carbonyl (C=O) groups is 1. The Morgan fingerprint density at radius 1 is 1.17 bits per heavy atom. The van der Waals surface area contributed by atoms with Crippen molar-refractivity contribution in [2.45, 2.75) is 25.3 Å². The van der Waals surface area contributed by atoms with Crippen LogP contribution in [0.3, 0.4) is 0 Å². The van der Waals surface area contributed by atoms with Crippen molar-refractivity contribution in [3.8, 4) is 5.69 Å². The van der Waals surface area contributed by atoms with Crippen molar-refractivity contribution in [1.82, 2.24) is 14.7 Å². The Morgan fingerprint density at radius 3 is 2.59 bits per heavy atom. The van der Waals surface area contributed by atoms with Crippen molar-refractivity contribution in [2.24, 2.45) is 0 Å². The van der Waals surface area contributed by atoms with E-state index in [1.807, 2.05) is 66.3 Å². The van der Waals surface area contributed by atoms with E-state index in [2.05, 4.69) is 0 Å². The molecule has 4 rings (SSSR count). The summed E-state index contributed by atoms with van der Waals surface area (Å²) in [4.78, 5) is 15.2. The van der Waals surface area contributed by atoms with Crippen LogP contribution < -0.4 is 0 Å². The van der Waals surface area contributed by atoms with Gasteiger partial charge in [0.25, 0.3) is 5.91 Å². The molecular formula is C23H24ClN3O2. The van der Waals surface area contributed by atoms with Crippen molar-refractivity contribution >= 4 is 17.5 Å². The summed E-state index contributed by atoms with van der Waals surface area (Å²) in [5.41, 5.74) is 4.71. The van der Waals surface area contributed by atoms with Crippen LogP contribution in [0, 0.1) is 0 Å². The summed E-state index contributed by atoms with van der Waals surface area (Å²) >= 11 is 6.03. The molecule has 150 valence electrons. The third kappa shape index (κ3) is 3.80. The van der Waals surface area contributed by atoms with E-state index >= 15 is 0 Å². The fourth-order valence-corrected chi connectivity index (χ4v) is 4.10. The molecule has 0 unspecified atom stereocenters. The maximum atomic E-state index is 13.5. The van der Waals surface area contributed by atoms with E-state index in [9.17, 15) is 4.79 Å². The fourth-order valence-electron chi connectivity index (χ4n) is 3.97. The molecule has 5 nitrogen and oxygen atoms in total. The van der Waals surface area contributed by atoms with Crippen LogP contribution in [0.2, 0.25) is 5.02 Å². The summed E-state index contributed by atoms with van der Waals surface area (Å²) in [6.45, 7) is 0.394. The summed E-state index contributed by atoms with van der Waals surface area (Å²) < 4.78 is 7.34. The highest BCUT2D eigenvalue weighted by Gasteiger charge is 2.31. The van der Waals surface area contributed by atoms with Gasteiger partial charge in [-0.25, -0.2) is 4.68 Å². The highest BCUT2D eigenvalue weighted by atomic mass is 35.5. The molecule has 1 heterocycles. The van der Waals surface area contributed by atoms with Gasteiger partial charge in [0.05, 0.1) is 18.3 Å². The smallest absolute Gasteiger partial charge is 0.275 e. The van der Waals surface area contributed by atoms with Crippen LogP contribution in [0.4, 0.5) is 0 Å². The predicted molar refractivity (Wildman–Crippen MR) is 114 cm³/mol. The van der Waals surface area contributed by atoms with Crippen molar-refractivity contribution in [3.05, 3.63) is 82.1 Å². The zero-order valence-electron chi connectivity index (χ0n) is 16.6. The monoisotopic (exact) mass is 409 g/mol. The second kappa shape index (κ2) is 8.39. The quantitative estimate of drug-likeness (QED) is 0.603. The number of para-hydroxylation sites is 1. The molecule has 0 radical (unpaired) electrons. The third-order valence-electron chi connectivity index (χ3n) is 5.50. The third-order valence-corrected chi connectivity index (χ3v) is 5.75. The highest BCUT2D eigenvalue weighted by Crippen LogP contribution is 2.30. The number of ether oxygens (including phenoxy) is 1. The average Bonchev–Trinajstić information content (AvgIpc) is 3.35. The van der Waals surface area contributed by atoms with Gasteiger partial charge in [0, 0.05) is 30.4 Å². The molecule has 6 heteroatoms. The Kier molecular flexibility index (Phi) is 5.69. The van der Waals surface area contributed by atoms with Crippen LogP contribution >= 0.6 is 11.6 Å². The number of carbonyl (C=O) groups excluding carboxylic acids is 1. The molecule has 1 atom stereocenters. The number of likely N-dealkylation sites (N-methyl/N-ethyl adjacent to an activating group) is 1. The Morgan fingerprint density at radius 2 is 1.90 bits per heavy atom. The van der Waals surface area contributed by atoms with Gasteiger partial charge in [-0.2, -0.15) is 5.10 Å². The molecule has 3 aromatic rings. The van der Waals surface area contributed by atoms with Crippen molar-refractivity contribution in [3.63, 3.8) is 0 Å². The van der Waals surface area contributed by atoms with E-state index in [1.165, 1.54) is 0 Å². The zero-order valence-corrected chi connectivity index (χ0v) is 17.4. The van der Waals surface area contributed by atoms with Gasteiger partial charge >= 0.3 is 0 Å². The van der Waals surface area contributed by atoms with Gasteiger partial charge in [-0.1, -0.05) is 41.9 Å². The van der Waals surface area contributed by atoms with Gasteiger partial charge in [-0.15, -0.1) is 0 Å². The predicted octanol–water partition coefficient (Wildman–Crippen LogP) is 4.47. The minimum Gasteiger partial charge on any atom is -0.382 e. The van der Waals surface area contributed by atoms with Crippen molar-refractivity contribution in [1.29, 1.82) is 0 Å². The zero-order chi connectivity index (χ0) is 20.4. The maximum absolute atomic E-state index is 13.5. The fraction of sp³-hybridized carbons (Fsp3) is 0.304. The lowest BCUT2D eigenvalue weighted by atomic mass is 10.1. The molecule has 1 amide bonds. The van der Waals surface area contributed by atoms with Crippen LogP contribution in [-0.2, 0) is 17.6 Å². The largest absolute Gasteiger partial charge is 0.382 e. The molecule has 0 bridgehead atoms. The molecule has 0 N–H and O–H groups in total. The molecule has 0 aliphatic heterocycles. The number of fused-ring (bicyclic) bond motifs is 1. The number of amides is 1. The molecular weight excluding hydrogens is 386 g/mol. The first-order valence-electron chi connectivity index (χ1n) is 9.78. The van der Waals surface area contributed by atoms with E-state index in [0.29, 0.717) is 17.3 Å². The molecule has 0 spiro atoms. The summed E-state index contributed by atoms with van der Waals surface area (Å²) in [7, 11) is 3.45. The molecule has 1 aromatic heterocycles. The normalized spacial score (nSPS) is 13.9. The van der Waals surface area contributed by atoms with Gasteiger partial charge in [-0.05, 0) is 49.1 Å². The Bertz CT molecular complexity index is 999. The van der Waals surface area contributed by atoms with Crippen LogP contribution in [-0.4, -0.2) is 41.4 Å². The minimum absolute atomic E-state index is 0.0881. The van der Waals surface area contributed by atoms with Crippen LogP contribution in [0.25, 0.3) is 5.69 Å². The second-order valence-corrected chi connectivity index (χ2v) is 7.75. The van der Waals surface area contributed by atoms with Gasteiger partial charge in [-0.3, -0.25) is 4.79 Å². The Hall–Kier alpha value is -2.63. The number of hydrogen-bond donors (Lipinski definition) is 0. The summed E-state index contributed by atoms with van der Waals surface area (Å²) in [6.07, 6.45) is 2.86. The van der Waals surface area contributed by atoms with Crippen molar-refractivity contribution < 1.29 is 9.53 Å². The lowest BCUT2D eigenvalue weighted by Gasteiger charge is -2.28. The number of aromatic nitrogens is 2. The maximum Gasteiger partial charge on any atom is 0.275 e. The molecule has 0 fully saturated rings. The van der Waals surface area contributed by atoms with E-state index in [4.69, 9.17) is 21.4 Å². The standard InChI is InChI=1S/C23H24ClN3O2/c1-26(21(15-29-2)16-11-13-17(24)14-12-16)23(28)22-19-9-6-10-20(19)27(25-22)18-7-4-3-5-8-18/h3-5,7-8,11-14,21H,6,9-10,15H2,1-2H3/t21-/m1/s1. The second-order valence-electron chi connectivity index (χ2n) is 7.31. The molecule has 1 aliphatic carbocycles. The van der Waals surface area contributed by atoms with Gasteiger partial charge in [0.2, 0.25) is 0 Å². The van der Waals surface area contributed by atoms with Gasteiger partial charge in [0.15, 0.2) is 5.69 Å². The van der Waals surface area contributed by atoms with Crippen molar-refractivity contribution in [2.75, 3.05) is 20.8 Å². The van der Waals surface area contributed by atoms with Crippen LogP contribution in [0.5, 0.6) is 0 Å². The first-order valence-corrected chi connectivity index (χ1v) is 10.2. The lowest BCUT2D eigenvalue weighted by molar-refractivity contribution is 0.0595. The van der Waals surface area contributed by atoms with E-state index < -0.39 is 0 Å². The average molecular weight is 410 g/mol. The number of benzene rings is 2. The molecule has 0 saturated carbocycles. The number of hydrogen-bond acceptors (Lipinski definition) is 3. The number of rotatable bonds is 6. The molecule has 1 aliphatic rings. The van der Waals surface area contributed by atoms with E-state index in [-0.39, 0.29) is 11.9 Å². The Balaban J connectivity index is 1.69. The Labute approximate surface area is 175 Å². The summed E-state index contributed by atoms with van der Waals surface area (Å²) in [5, 5.41) is 5.40. The summed E-state index contributed by atoms with van der Waals surface area (Å²) in [5.74, 6) is -0.0881. The van der Waals surface area contributed by atoms with Gasteiger partial charge in [0.1, 0.15) is 0 Å². The highest BCUT2D eigenvalue weighted by molar-refractivity contribution is 6.30. The molecule has 29 heavy (non-hydrogen) atoms. The minimum atomic E-state index is -0.219.